The van der Waals surface area contributed by atoms with Gasteiger partial charge in [-0.3, -0.25) is 24.3 Å². The molecule has 0 atom stereocenters. The summed E-state index contributed by atoms with van der Waals surface area (Å²) in [6.07, 6.45) is 3.41. The Kier molecular flexibility index (Phi) is 5.26. The van der Waals surface area contributed by atoms with Crippen LogP contribution >= 0.6 is 0 Å². The van der Waals surface area contributed by atoms with Gasteiger partial charge in [-0.1, -0.05) is 12.1 Å². The standard InChI is InChI=1S/C19H19N3O4/c1-13-4-2-5-14(10-13)26-9-3-7-21-17(23)12-22-18(24)15-6-8-20-11-16(15)19(22)25/h2,4-6,8,10-11H,3,7,9,12H2,1H3,(H,21,23). The zero-order valence-corrected chi connectivity index (χ0v) is 14.4. The molecular weight excluding hydrogens is 334 g/mol. The highest BCUT2D eigenvalue weighted by Crippen LogP contribution is 2.20. The average Bonchev–Trinajstić information content (AvgIpc) is 2.87. The Morgan fingerprint density at radius 1 is 1.19 bits per heavy atom. The lowest BCUT2D eigenvalue weighted by Crippen LogP contribution is -2.40. The van der Waals surface area contributed by atoms with Crippen molar-refractivity contribution in [1.29, 1.82) is 0 Å². The number of rotatable bonds is 7. The molecule has 0 aliphatic carbocycles. The maximum Gasteiger partial charge on any atom is 0.263 e. The Hall–Kier alpha value is -3.22. The fourth-order valence-electron chi connectivity index (χ4n) is 2.67. The normalized spacial score (nSPS) is 12.9. The van der Waals surface area contributed by atoms with Crippen molar-refractivity contribution in [3.05, 3.63) is 59.4 Å². The summed E-state index contributed by atoms with van der Waals surface area (Å²) < 4.78 is 5.60. The summed E-state index contributed by atoms with van der Waals surface area (Å²) in [4.78, 5) is 41.1. The first-order valence-corrected chi connectivity index (χ1v) is 8.32. The Balaban J connectivity index is 1.41. The summed E-state index contributed by atoms with van der Waals surface area (Å²) in [5, 5.41) is 2.69. The summed E-state index contributed by atoms with van der Waals surface area (Å²) in [6, 6.07) is 9.21. The Morgan fingerprint density at radius 2 is 2.00 bits per heavy atom. The summed E-state index contributed by atoms with van der Waals surface area (Å²) in [5.41, 5.74) is 1.63. The summed E-state index contributed by atoms with van der Waals surface area (Å²) >= 11 is 0. The average molecular weight is 353 g/mol. The molecule has 0 spiro atoms. The van der Waals surface area contributed by atoms with Gasteiger partial charge in [0.25, 0.3) is 11.8 Å². The van der Waals surface area contributed by atoms with Crippen LogP contribution in [0.25, 0.3) is 0 Å². The number of carbonyl (C=O) groups is 3. The third kappa shape index (κ3) is 3.88. The Labute approximate surface area is 151 Å². The van der Waals surface area contributed by atoms with Gasteiger partial charge in [-0.15, -0.1) is 0 Å². The van der Waals surface area contributed by atoms with Crippen LogP contribution < -0.4 is 10.1 Å². The molecule has 1 aliphatic heterocycles. The lowest BCUT2D eigenvalue weighted by molar-refractivity contribution is -0.121. The van der Waals surface area contributed by atoms with Gasteiger partial charge in [-0.05, 0) is 37.1 Å². The highest BCUT2D eigenvalue weighted by molar-refractivity contribution is 6.22. The quantitative estimate of drug-likeness (QED) is 0.603. The van der Waals surface area contributed by atoms with Gasteiger partial charge in [0, 0.05) is 18.9 Å². The molecule has 7 nitrogen and oxygen atoms in total. The van der Waals surface area contributed by atoms with E-state index in [1.807, 2.05) is 31.2 Å². The van der Waals surface area contributed by atoms with Crippen molar-refractivity contribution in [3.8, 4) is 5.75 Å². The van der Waals surface area contributed by atoms with Crippen molar-refractivity contribution in [3.63, 3.8) is 0 Å². The first kappa shape index (κ1) is 17.6. The van der Waals surface area contributed by atoms with Gasteiger partial charge < -0.3 is 10.1 Å². The first-order chi connectivity index (χ1) is 12.6. The van der Waals surface area contributed by atoms with Crippen molar-refractivity contribution < 1.29 is 19.1 Å². The molecule has 1 N–H and O–H groups in total. The molecule has 0 fully saturated rings. The third-order valence-corrected chi connectivity index (χ3v) is 3.98. The van der Waals surface area contributed by atoms with Crippen molar-refractivity contribution in [2.75, 3.05) is 19.7 Å². The van der Waals surface area contributed by atoms with Crippen LogP contribution in [0.3, 0.4) is 0 Å². The fourth-order valence-corrected chi connectivity index (χ4v) is 2.67. The highest BCUT2D eigenvalue weighted by Gasteiger charge is 2.36. The second-order valence-electron chi connectivity index (χ2n) is 5.99. The number of pyridine rings is 1. The van der Waals surface area contributed by atoms with Gasteiger partial charge in [-0.2, -0.15) is 0 Å². The van der Waals surface area contributed by atoms with Crippen molar-refractivity contribution in [1.82, 2.24) is 15.2 Å². The number of carbonyl (C=O) groups excluding carboxylic acids is 3. The molecule has 0 unspecified atom stereocenters. The third-order valence-electron chi connectivity index (χ3n) is 3.98. The maximum atomic E-state index is 12.2. The van der Waals surface area contributed by atoms with E-state index < -0.39 is 11.8 Å². The zero-order chi connectivity index (χ0) is 18.5. The number of imide groups is 1. The Morgan fingerprint density at radius 3 is 2.77 bits per heavy atom. The van der Waals surface area contributed by atoms with Crippen LogP contribution in [0.4, 0.5) is 0 Å². The summed E-state index contributed by atoms with van der Waals surface area (Å²) in [6.45, 7) is 2.55. The van der Waals surface area contributed by atoms with Gasteiger partial charge in [0.1, 0.15) is 12.3 Å². The summed E-state index contributed by atoms with van der Waals surface area (Å²) in [5.74, 6) is -0.555. The van der Waals surface area contributed by atoms with E-state index in [-0.39, 0.29) is 23.6 Å². The molecule has 0 bridgehead atoms. The molecule has 3 amide bonds. The van der Waals surface area contributed by atoms with E-state index >= 15 is 0 Å². The molecule has 26 heavy (non-hydrogen) atoms. The van der Waals surface area contributed by atoms with Crippen LogP contribution in [0.2, 0.25) is 0 Å². The largest absolute Gasteiger partial charge is 0.494 e. The maximum absolute atomic E-state index is 12.2. The lowest BCUT2D eigenvalue weighted by atomic mass is 10.2. The van der Waals surface area contributed by atoms with E-state index in [0.29, 0.717) is 19.6 Å². The van der Waals surface area contributed by atoms with Crippen LogP contribution in [-0.2, 0) is 4.79 Å². The predicted molar refractivity (Wildman–Crippen MR) is 93.9 cm³/mol. The molecule has 1 aromatic carbocycles. The van der Waals surface area contributed by atoms with E-state index in [1.54, 1.807) is 0 Å². The predicted octanol–water partition coefficient (Wildman–Crippen LogP) is 1.57. The van der Waals surface area contributed by atoms with Gasteiger partial charge >= 0.3 is 0 Å². The molecule has 2 aromatic rings. The number of aryl methyl sites for hydroxylation is 1. The number of benzene rings is 1. The molecule has 3 rings (SSSR count). The molecule has 1 aromatic heterocycles. The van der Waals surface area contributed by atoms with Gasteiger partial charge in [-0.25, -0.2) is 0 Å². The minimum Gasteiger partial charge on any atom is -0.494 e. The number of amides is 3. The van der Waals surface area contributed by atoms with E-state index in [9.17, 15) is 14.4 Å². The molecule has 0 saturated carbocycles. The molecule has 134 valence electrons. The van der Waals surface area contributed by atoms with E-state index in [1.165, 1.54) is 18.5 Å². The lowest BCUT2D eigenvalue weighted by Gasteiger charge is -2.13. The topological polar surface area (TPSA) is 88.6 Å². The summed E-state index contributed by atoms with van der Waals surface area (Å²) in [7, 11) is 0. The van der Waals surface area contributed by atoms with Crippen LogP contribution in [0.1, 0.15) is 32.7 Å². The molecule has 0 radical (unpaired) electrons. The van der Waals surface area contributed by atoms with Crippen LogP contribution in [0.15, 0.2) is 42.7 Å². The minimum absolute atomic E-state index is 0.233. The fraction of sp³-hybridized carbons (Fsp3) is 0.263. The number of ether oxygens (including phenoxy) is 1. The van der Waals surface area contributed by atoms with Crippen molar-refractivity contribution in [2.24, 2.45) is 0 Å². The molecule has 0 saturated heterocycles. The van der Waals surface area contributed by atoms with E-state index in [0.717, 1.165) is 16.2 Å². The SMILES string of the molecule is Cc1cccc(OCCCNC(=O)CN2C(=O)c3ccncc3C2=O)c1. The number of nitrogens with zero attached hydrogens (tertiary/aromatic N) is 2. The minimum atomic E-state index is -0.490. The second kappa shape index (κ2) is 7.77. The first-order valence-electron chi connectivity index (χ1n) is 8.32. The van der Waals surface area contributed by atoms with Gasteiger partial charge in [0.2, 0.25) is 5.91 Å². The Bertz CT molecular complexity index is 815. The number of hydrogen-bond acceptors (Lipinski definition) is 5. The molecule has 2 heterocycles. The van der Waals surface area contributed by atoms with Gasteiger partial charge in [0.05, 0.1) is 17.7 Å². The van der Waals surface area contributed by atoms with E-state index in [4.69, 9.17) is 4.74 Å². The number of hydrogen-bond donors (Lipinski definition) is 1. The van der Waals surface area contributed by atoms with Gasteiger partial charge in [0.15, 0.2) is 0 Å². The number of nitrogens with one attached hydrogen (secondary N) is 1. The second-order valence-corrected chi connectivity index (χ2v) is 5.99. The van der Waals surface area contributed by atoms with Crippen molar-refractivity contribution >= 4 is 17.7 Å². The van der Waals surface area contributed by atoms with Crippen LogP contribution in [-0.4, -0.2) is 47.3 Å². The molecule has 1 aliphatic rings. The van der Waals surface area contributed by atoms with Crippen LogP contribution in [0, 0.1) is 6.92 Å². The number of aromatic nitrogens is 1. The zero-order valence-electron chi connectivity index (χ0n) is 14.4. The molecule has 7 heteroatoms. The van der Waals surface area contributed by atoms with Crippen LogP contribution in [0.5, 0.6) is 5.75 Å². The number of fused-ring (bicyclic) bond motifs is 1. The molecular formula is C19H19N3O4. The highest BCUT2D eigenvalue weighted by atomic mass is 16.5. The monoisotopic (exact) mass is 353 g/mol. The van der Waals surface area contributed by atoms with Crippen molar-refractivity contribution in [2.45, 2.75) is 13.3 Å². The van der Waals surface area contributed by atoms with E-state index in [2.05, 4.69) is 10.3 Å². The smallest absolute Gasteiger partial charge is 0.263 e.